The number of H-pyrrole nitrogens is 1. The van der Waals surface area contributed by atoms with Gasteiger partial charge in [0.15, 0.2) is 0 Å². The number of nitrogens with one attached hydrogen (secondary N) is 1. The fourth-order valence-corrected chi connectivity index (χ4v) is 1.85. The van der Waals surface area contributed by atoms with Gasteiger partial charge in [0.1, 0.15) is 12.2 Å². The van der Waals surface area contributed by atoms with Crippen LogP contribution < -0.4 is 5.73 Å². The number of rotatable bonds is 5. The quantitative estimate of drug-likeness (QED) is 0.810. The maximum Gasteiger partial charge on any atom is 0.239 e. The summed E-state index contributed by atoms with van der Waals surface area (Å²) in [7, 11) is 1.70. The van der Waals surface area contributed by atoms with Crippen LogP contribution in [0.3, 0.4) is 0 Å². The minimum absolute atomic E-state index is 0.111. The number of carbonyl (C=O) groups excluding carboxylic acids is 1. The number of carbonyl (C=O) groups is 1. The van der Waals surface area contributed by atoms with Crippen LogP contribution in [0.5, 0.6) is 0 Å². The molecule has 1 aromatic carbocycles. The van der Waals surface area contributed by atoms with E-state index < -0.39 is 6.04 Å². The van der Waals surface area contributed by atoms with Crippen molar-refractivity contribution in [3.05, 3.63) is 48.0 Å². The Morgan fingerprint density at radius 1 is 1.42 bits per heavy atom. The topological polar surface area (TPSA) is 87.9 Å². The van der Waals surface area contributed by atoms with Crippen molar-refractivity contribution in [3.8, 4) is 0 Å². The normalized spacial score (nSPS) is 12.1. The number of benzene rings is 1. The van der Waals surface area contributed by atoms with Gasteiger partial charge in [-0.25, -0.2) is 4.98 Å². The Kier molecular flexibility index (Phi) is 4.25. The first-order valence-electron chi connectivity index (χ1n) is 6.05. The van der Waals surface area contributed by atoms with E-state index in [4.69, 9.17) is 5.73 Å². The first kappa shape index (κ1) is 13.2. The molecule has 6 nitrogen and oxygen atoms in total. The largest absolute Gasteiger partial charge is 0.337 e. The van der Waals surface area contributed by atoms with E-state index in [0.717, 1.165) is 5.56 Å². The summed E-state index contributed by atoms with van der Waals surface area (Å²) in [5.41, 5.74) is 6.99. The molecule has 0 spiro atoms. The van der Waals surface area contributed by atoms with E-state index in [1.165, 1.54) is 6.33 Å². The average Bonchev–Trinajstić information content (AvgIpc) is 2.91. The second kappa shape index (κ2) is 6.10. The third-order valence-electron chi connectivity index (χ3n) is 2.84. The molecule has 19 heavy (non-hydrogen) atoms. The zero-order valence-corrected chi connectivity index (χ0v) is 10.8. The maximum absolute atomic E-state index is 12.1. The van der Waals surface area contributed by atoms with Gasteiger partial charge in [-0.15, -0.1) is 0 Å². The van der Waals surface area contributed by atoms with Gasteiger partial charge >= 0.3 is 0 Å². The molecule has 0 aliphatic carbocycles. The summed E-state index contributed by atoms with van der Waals surface area (Å²) in [5, 5.41) is 6.46. The van der Waals surface area contributed by atoms with E-state index in [1.807, 2.05) is 30.3 Å². The molecule has 2 aromatic rings. The molecule has 1 aromatic heterocycles. The number of aromatic nitrogens is 3. The van der Waals surface area contributed by atoms with Gasteiger partial charge in [-0.2, -0.15) is 5.10 Å². The molecule has 0 radical (unpaired) electrons. The van der Waals surface area contributed by atoms with Gasteiger partial charge in [0.2, 0.25) is 5.91 Å². The Morgan fingerprint density at radius 3 is 2.79 bits per heavy atom. The molecule has 0 fully saturated rings. The van der Waals surface area contributed by atoms with E-state index in [-0.39, 0.29) is 5.91 Å². The zero-order chi connectivity index (χ0) is 13.7. The van der Waals surface area contributed by atoms with E-state index >= 15 is 0 Å². The highest BCUT2D eigenvalue weighted by Gasteiger charge is 2.19. The van der Waals surface area contributed by atoms with Crippen molar-refractivity contribution in [2.75, 3.05) is 7.05 Å². The van der Waals surface area contributed by atoms with Crippen molar-refractivity contribution in [3.63, 3.8) is 0 Å². The van der Waals surface area contributed by atoms with Crippen LogP contribution in [0.4, 0.5) is 0 Å². The number of hydrogen-bond donors (Lipinski definition) is 2. The average molecular weight is 259 g/mol. The van der Waals surface area contributed by atoms with Crippen molar-refractivity contribution in [2.45, 2.75) is 19.0 Å². The zero-order valence-electron chi connectivity index (χ0n) is 10.8. The molecular weight excluding hydrogens is 242 g/mol. The number of hydrogen-bond acceptors (Lipinski definition) is 4. The summed E-state index contributed by atoms with van der Waals surface area (Å²) in [4.78, 5) is 17.6. The monoisotopic (exact) mass is 259 g/mol. The molecule has 0 aliphatic rings. The number of aromatic amines is 1. The first-order valence-corrected chi connectivity index (χ1v) is 6.05. The van der Waals surface area contributed by atoms with Crippen molar-refractivity contribution in [1.29, 1.82) is 0 Å². The Morgan fingerprint density at radius 2 is 2.16 bits per heavy atom. The Balaban J connectivity index is 1.91. The molecule has 100 valence electrons. The lowest BCUT2D eigenvalue weighted by atomic mass is 10.1. The molecule has 0 aliphatic heterocycles. The van der Waals surface area contributed by atoms with Gasteiger partial charge < -0.3 is 10.6 Å². The van der Waals surface area contributed by atoms with Crippen LogP contribution in [-0.2, 0) is 17.8 Å². The fourth-order valence-electron chi connectivity index (χ4n) is 1.85. The van der Waals surface area contributed by atoms with Crippen molar-refractivity contribution in [1.82, 2.24) is 20.1 Å². The molecule has 0 saturated heterocycles. The lowest BCUT2D eigenvalue weighted by Crippen LogP contribution is -2.42. The molecular formula is C13H17N5O. The number of nitrogens with zero attached hydrogens (tertiary/aromatic N) is 3. The highest BCUT2D eigenvalue weighted by molar-refractivity contribution is 5.81. The Bertz CT molecular complexity index is 511. The van der Waals surface area contributed by atoms with Gasteiger partial charge in [-0.1, -0.05) is 30.3 Å². The van der Waals surface area contributed by atoms with E-state index in [2.05, 4.69) is 15.2 Å². The maximum atomic E-state index is 12.1. The minimum Gasteiger partial charge on any atom is -0.337 e. The third kappa shape index (κ3) is 3.62. The molecule has 6 heteroatoms. The van der Waals surface area contributed by atoms with Gasteiger partial charge in [-0.3, -0.25) is 9.89 Å². The minimum atomic E-state index is -0.546. The van der Waals surface area contributed by atoms with Crippen LogP contribution in [0.1, 0.15) is 11.4 Å². The highest BCUT2D eigenvalue weighted by atomic mass is 16.2. The predicted molar refractivity (Wildman–Crippen MR) is 71.0 cm³/mol. The molecule has 0 unspecified atom stereocenters. The van der Waals surface area contributed by atoms with Crippen LogP contribution in [0, 0.1) is 0 Å². The first-order chi connectivity index (χ1) is 9.16. The fraction of sp³-hybridized carbons (Fsp3) is 0.308. The van der Waals surface area contributed by atoms with E-state index in [1.54, 1.807) is 11.9 Å². The molecule has 3 N–H and O–H groups in total. The smallest absolute Gasteiger partial charge is 0.239 e. The summed E-state index contributed by atoms with van der Waals surface area (Å²) in [6.45, 7) is 0.376. The number of nitrogens with two attached hydrogens (primary N) is 1. The predicted octanol–water partition coefficient (Wildman–Crippen LogP) is 0.333. The summed E-state index contributed by atoms with van der Waals surface area (Å²) in [5.74, 6) is 0.531. The standard InChI is InChI=1S/C13H17N5O/c1-18(8-12-15-9-16-17-12)13(19)11(14)7-10-5-3-2-4-6-10/h2-6,9,11H,7-8,14H2,1H3,(H,15,16,17)/t11-/m1/s1. The Labute approximate surface area is 111 Å². The molecule has 1 amide bonds. The van der Waals surface area contributed by atoms with E-state index in [9.17, 15) is 4.79 Å². The lowest BCUT2D eigenvalue weighted by Gasteiger charge is -2.20. The van der Waals surface area contributed by atoms with Crippen LogP contribution in [-0.4, -0.2) is 39.1 Å². The van der Waals surface area contributed by atoms with Gasteiger partial charge in [0, 0.05) is 7.05 Å². The highest BCUT2D eigenvalue weighted by Crippen LogP contribution is 2.05. The summed E-state index contributed by atoms with van der Waals surface area (Å²) < 4.78 is 0. The SMILES string of the molecule is CN(Cc1ncn[nH]1)C(=O)[C@H](N)Cc1ccccc1. The lowest BCUT2D eigenvalue weighted by molar-refractivity contribution is -0.131. The van der Waals surface area contributed by atoms with E-state index in [0.29, 0.717) is 18.8 Å². The molecule has 1 atom stereocenters. The van der Waals surface area contributed by atoms with Gasteiger partial charge in [0.25, 0.3) is 0 Å². The molecule has 1 heterocycles. The Hall–Kier alpha value is -2.21. The van der Waals surface area contributed by atoms with Crippen molar-refractivity contribution < 1.29 is 4.79 Å². The summed E-state index contributed by atoms with van der Waals surface area (Å²) >= 11 is 0. The number of likely N-dealkylation sites (N-methyl/N-ethyl adjacent to an activating group) is 1. The van der Waals surface area contributed by atoms with Crippen molar-refractivity contribution >= 4 is 5.91 Å². The van der Waals surface area contributed by atoms with Crippen molar-refractivity contribution in [2.24, 2.45) is 5.73 Å². The second-order valence-electron chi connectivity index (χ2n) is 4.42. The molecule has 0 saturated carbocycles. The number of amides is 1. The molecule has 0 bridgehead atoms. The third-order valence-corrected chi connectivity index (χ3v) is 2.84. The summed E-state index contributed by atoms with van der Waals surface area (Å²) in [6.07, 6.45) is 1.94. The molecule has 2 rings (SSSR count). The van der Waals surface area contributed by atoms with Gasteiger partial charge in [0.05, 0.1) is 12.6 Å². The van der Waals surface area contributed by atoms with Crippen LogP contribution >= 0.6 is 0 Å². The summed E-state index contributed by atoms with van der Waals surface area (Å²) in [6, 6.07) is 9.19. The second-order valence-corrected chi connectivity index (χ2v) is 4.42. The van der Waals surface area contributed by atoms with Crippen LogP contribution in [0.25, 0.3) is 0 Å². The van der Waals surface area contributed by atoms with Crippen LogP contribution in [0.2, 0.25) is 0 Å². The van der Waals surface area contributed by atoms with Gasteiger partial charge in [-0.05, 0) is 12.0 Å². The van der Waals surface area contributed by atoms with Crippen LogP contribution in [0.15, 0.2) is 36.7 Å².